The second-order valence-electron chi connectivity index (χ2n) is 4.41. The Balaban J connectivity index is 2.53. The van der Waals surface area contributed by atoms with Gasteiger partial charge in [-0.25, -0.2) is 8.42 Å². The average molecular weight is 304 g/mol. The molecule has 20 heavy (non-hydrogen) atoms. The molecule has 1 N–H and O–H groups in total. The molecule has 1 saturated carbocycles. The van der Waals surface area contributed by atoms with E-state index in [0.29, 0.717) is 12.8 Å². The van der Waals surface area contributed by atoms with E-state index in [0.717, 1.165) is 22.5 Å². The van der Waals surface area contributed by atoms with Crippen LogP contribution in [0.1, 0.15) is 12.8 Å². The largest absolute Gasteiger partial charge is 0.395 e. The lowest BCUT2D eigenvalue weighted by molar-refractivity contribution is -0.390. The van der Waals surface area contributed by atoms with E-state index in [1.165, 1.54) is 0 Å². The summed E-state index contributed by atoms with van der Waals surface area (Å²) in [5.41, 5.74) is -1.06. The van der Waals surface area contributed by atoms with Gasteiger partial charge < -0.3 is 5.11 Å². The molecular weight excluding hydrogens is 291 g/mol. The third kappa shape index (κ3) is 2.65. The summed E-state index contributed by atoms with van der Waals surface area (Å²) in [6.45, 7) is -0.570. The van der Waals surface area contributed by atoms with E-state index < -0.39 is 38.0 Å². The van der Waals surface area contributed by atoms with Gasteiger partial charge in [-0.15, -0.1) is 0 Å². The van der Waals surface area contributed by atoms with Gasteiger partial charge in [-0.05, 0) is 25.0 Å². The Morgan fingerprint density at radius 3 is 2.60 bits per heavy atom. The SMILES string of the molecule is O=[N+]([O-])c1c(F)cccc1S(=O)(=O)N(CCO)C1CC1. The van der Waals surface area contributed by atoms with Gasteiger partial charge in [-0.2, -0.15) is 8.70 Å². The molecule has 7 nitrogen and oxygen atoms in total. The van der Waals surface area contributed by atoms with Crippen molar-refractivity contribution in [3.63, 3.8) is 0 Å². The summed E-state index contributed by atoms with van der Waals surface area (Å²) < 4.78 is 39.4. The van der Waals surface area contributed by atoms with Crippen LogP contribution in [0.5, 0.6) is 0 Å². The number of aliphatic hydroxyl groups excluding tert-OH is 1. The normalized spacial score (nSPS) is 15.6. The highest BCUT2D eigenvalue weighted by Gasteiger charge is 2.41. The Hall–Kier alpha value is -1.58. The number of halogens is 1. The molecule has 0 aliphatic heterocycles. The highest BCUT2D eigenvalue weighted by Crippen LogP contribution is 2.35. The van der Waals surface area contributed by atoms with Gasteiger partial charge in [0, 0.05) is 12.6 Å². The van der Waals surface area contributed by atoms with Gasteiger partial charge in [0.15, 0.2) is 4.90 Å². The Morgan fingerprint density at radius 2 is 2.10 bits per heavy atom. The maximum absolute atomic E-state index is 13.5. The number of aliphatic hydroxyl groups is 1. The minimum absolute atomic E-state index is 0.166. The van der Waals surface area contributed by atoms with Crippen molar-refractivity contribution in [3.8, 4) is 0 Å². The molecule has 1 aromatic carbocycles. The van der Waals surface area contributed by atoms with E-state index in [1.54, 1.807) is 0 Å². The van der Waals surface area contributed by atoms with E-state index in [2.05, 4.69) is 0 Å². The molecule has 0 heterocycles. The van der Waals surface area contributed by atoms with Crippen LogP contribution in [-0.4, -0.2) is 41.9 Å². The predicted molar refractivity (Wildman–Crippen MR) is 67.1 cm³/mol. The fourth-order valence-electron chi connectivity index (χ4n) is 1.97. The second kappa shape index (κ2) is 5.43. The number of hydrogen-bond acceptors (Lipinski definition) is 5. The number of benzene rings is 1. The maximum Gasteiger partial charge on any atom is 0.324 e. The number of sulfonamides is 1. The summed E-state index contributed by atoms with van der Waals surface area (Å²) in [6, 6.07) is 2.67. The van der Waals surface area contributed by atoms with Crippen LogP contribution < -0.4 is 0 Å². The topological polar surface area (TPSA) is 101 Å². The van der Waals surface area contributed by atoms with Crippen molar-refractivity contribution in [1.29, 1.82) is 0 Å². The highest BCUT2D eigenvalue weighted by atomic mass is 32.2. The average Bonchev–Trinajstić information content (AvgIpc) is 3.19. The van der Waals surface area contributed by atoms with E-state index >= 15 is 0 Å². The lowest BCUT2D eigenvalue weighted by Gasteiger charge is -2.20. The van der Waals surface area contributed by atoms with Gasteiger partial charge >= 0.3 is 5.69 Å². The van der Waals surface area contributed by atoms with Crippen LogP contribution in [0.4, 0.5) is 10.1 Å². The van der Waals surface area contributed by atoms with Crippen molar-refractivity contribution in [3.05, 3.63) is 34.1 Å². The minimum atomic E-state index is -4.21. The molecule has 0 bridgehead atoms. The first-order valence-electron chi connectivity index (χ1n) is 5.95. The molecule has 0 atom stereocenters. The van der Waals surface area contributed by atoms with Crippen LogP contribution in [0.3, 0.4) is 0 Å². The number of nitro groups is 1. The van der Waals surface area contributed by atoms with Gasteiger partial charge in [0.25, 0.3) is 0 Å². The Morgan fingerprint density at radius 1 is 1.45 bits per heavy atom. The third-order valence-corrected chi connectivity index (χ3v) is 4.98. The second-order valence-corrected chi connectivity index (χ2v) is 6.27. The first-order valence-corrected chi connectivity index (χ1v) is 7.39. The maximum atomic E-state index is 13.5. The van der Waals surface area contributed by atoms with Crippen LogP contribution in [0, 0.1) is 15.9 Å². The summed E-state index contributed by atoms with van der Waals surface area (Å²) in [4.78, 5) is 9.16. The molecule has 0 spiro atoms. The van der Waals surface area contributed by atoms with Crippen molar-refractivity contribution >= 4 is 15.7 Å². The first-order chi connectivity index (χ1) is 9.39. The summed E-state index contributed by atoms with van der Waals surface area (Å²) in [5, 5.41) is 19.8. The minimum Gasteiger partial charge on any atom is -0.395 e. The monoisotopic (exact) mass is 304 g/mol. The van der Waals surface area contributed by atoms with Gasteiger partial charge in [-0.3, -0.25) is 10.1 Å². The fraction of sp³-hybridized carbons (Fsp3) is 0.455. The highest BCUT2D eigenvalue weighted by molar-refractivity contribution is 7.89. The molecule has 9 heteroatoms. The van der Waals surface area contributed by atoms with E-state index in [1.807, 2.05) is 0 Å². The van der Waals surface area contributed by atoms with Crippen LogP contribution in [-0.2, 0) is 10.0 Å². The van der Waals surface area contributed by atoms with Crippen LogP contribution >= 0.6 is 0 Å². The van der Waals surface area contributed by atoms with Crippen LogP contribution in [0.15, 0.2) is 23.1 Å². The number of nitrogens with zero attached hydrogens (tertiary/aromatic N) is 2. The summed E-state index contributed by atoms with van der Waals surface area (Å²) >= 11 is 0. The zero-order valence-corrected chi connectivity index (χ0v) is 11.2. The molecule has 0 saturated heterocycles. The zero-order valence-electron chi connectivity index (χ0n) is 10.4. The van der Waals surface area contributed by atoms with Crippen molar-refractivity contribution in [2.24, 2.45) is 0 Å². The molecule has 2 rings (SSSR count). The molecule has 0 unspecified atom stereocenters. The molecule has 0 amide bonds. The van der Waals surface area contributed by atoms with E-state index in [9.17, 15) is 22.9 Å². The smallest absolute Gasteiger partial charge is 0.324 e. The molecular formula is C11H13FN2O5S. The summed E-state index contributed by atoms with van der Waals surface area (Å²) in [5.74, 6) is -1.20. The van der Waals surface area contributed by atoms with Gasteiger partial charge in [0.05, 0.1) is 11.5 Å². The third-order valence-electron chi connectivity index (χ3n) is 2.99. The molecule has 1 aliphatic rings. The summed E-state index contributed by atoms with van der Waals surface area (Å²) in [6.07, 6.45) is 1.25. The number of para-hydroxylation sites is 1. The van der Waals surface area contributed by atoms with Crippen LogP contribution in [0.25, 0.3) is 0 Å². The van der Waals surface area contributed by atoms with Crippen molar-refractivity contribution < 1.29 is 22.8 Å². The van der Waals surface area contributed by atoms with Gasteiger partial charge in [0.1, 0.15) is 0 Å². The Bertz CT molecular complexity index is 630. The lowest BCUT2D eigenvalue weighted by atomic mass is 10.3. The molecule has 1 aliphatic carbocycles. The van der Waals surface area contributed by atoms with E-state index in [-0.39, 0.29) is 12.6 Å². The first kappa shape index (κ1) is 14.8. The number of nitro benzene ring substituents is 1. The fourth-order valence-corrected chi connectivity index (χ4v) is 3.81. The Labute approximate surface area is 114 Å². The molecule has 110 valence electrons. The van der Waals surface area contributed by atoms with Gasteiger partial charge in [-0.1, -0.05) is 6.07 Å². The number of hydrogen-bond donors (Lipinski definition) is 1. The zero-order chi connectivity index (χ0) is 14.9. The van der Waals surface area contributed by atoms with E-state index in [4.69, 9.17) is 5.11 Å². The lowest BCUT2D eigenvalue weighted by Crippen LogP contribution is -2.35. The molecule has 0 aromatic heterocycles. The molecule has 1 fully saturated rings. The summed E-state index contributed by atoms with van der Waals surface area (Å²) in [7, 11) is -4.21. The van der Waals surface area contributed by atoms with Crippen LogP contribution in [0.2, 0.25) is 0 Å². The number of rotatable bonds is 6. The molecule has 1 aromatic rings. The molecule has 0 radical (unpaired) electrons. The van der Waals surface area contributed by atoms with Crippen molar-refractivity contribution in [1.82, 2.24) is 4.31 Å². The van der Waals surface area contributed by atoms with Crippen molar-refractivity contribution in [2.45, 2.75) is 23.8 Å². The Kier molecular flexibility index (Phi) is 4.02. The quantitative estimate of drug-likeness (QED) is 0.621. The predicted octanol–water partition coefficient (Wildman–Crippen LogP) is 0.879. The van der Waals surface area contributed by atoms with Gasteiger partial charge in [0.2, 0.25) is 15.8 Å². The standard InChI is InChI=1S/C11H13FN2O5S/c12-9-2-1-3-10(11(9)14(16)17)20(18,19)13(6-7-15)8-4-5-8/h1-3,8,15H,4-7H2. The van der Waals surface area contributed by atoms with Crippen molar-refractivity contribution in [2.75, 3.05) is 13.2 Å².